The summed E-state index contributed by atoms with van der Waals surface area (Å²) in [6.07, 6.45) is 10.5. The third kappa shape index (κ3) is 2.96. The highest BCUT2D eigenvalue weighted by molar-refractivity contribution is 5.81. The van der Waals surface area contributed by atoms with E-state index in [9.17, 15) is 0 Å². The standard InChI is InChI=1S/C20H24N6/c1-3-5-9-15-14-25(24-23-15)20-19-21-13-16(10-6-4-2)26(19)18-12-8-7-11-17(18)22-20/h7-8,11-14H,3-6,9-10H2,1-2H3. The molecule has 6 heteroatoms. The zero-order valence-electron chi connectivity index (χ0n) is 15.4. The van der Waals surface area contributed by atoms with Crippen LogP contribution in [-0.4, -0.2) is 29.4 Å². The fourth-order valence-corrected chi connectivity index (χ4v) is 3.29. The monoisotopic (exact) mass is 348 g/mol. The smallest absolute Gasteiger partial charge is 0.199 e. The number of hydrogen-bond acceptors (Lipinski definition) is 4. The molecule has 0 aliphatic heterocycles. The normalized spacial score (nSPS) is 11.6. The predicted molar refractivity (Wildman–Crippen MR) is 103 cm³/mol. The van der Waals surface area contributed by atoms with Crippen molar-refractivity contribution in [1.82, 2.24) is 29.4 Å². The lowest BCUT2D eigenvalue weighted by Crippen LogP contribution is -2.05. The number of para-hydroxylation sites is 2. The minimum absolute atomic E-state index is 0.738. The molecule has 3 aromatic heterocycles. The molecule has 3 heterocycles. The first-order chi connectivity index (χ1) is 12.8. The number of aryl methyl sites for hydroxylation is 2. The van der Waals surface area contributed by atoms with Crippen molar-refractivity contribution in [1.29, 1.82) is 0 Å². The molecule has 0 unspecified atom stereocenters. The zero-order chi connectivity index (χ0) is 17.9. The zero-order valence-corrected chi connectivity index (χ0v) is 15.4. The van der Waals surface area contributed by atoms with Crippen LogP contribution < -0.4 is 0 Å². The lowest BCUT2D eigenvalue weighted by Gasteiger charge is -2.09. The Bertz CT molecular complexity index is 1030. The lowest BCUT2D eigenvalue weighted by molar-refractivity contribution is 0.755. The minimum Gasteiger partial charge on any atom is -0.292 e. The Morgan fingerprint density at radius 3 is 2.65 bits per heavy atom. The van der Waals surface area contributed by atoms with E-state index >= 15 is 0 Å². The highest BCUT2D eigenvalue weighted by Gasteiger charge is 2.16. The van der Waals surface area contributed by atoms with E-state index in [4.69, 9.17) is 4.98 Å². The summed E-state index contributed by atoms with van der Waals surface area (Å²) in [7, 11) is 0. The van der Waals surface area contributed by atoms with Gasteiger partial charge in [-0.05, 0) is 37.8 Å². The second-order valence-electron chi connectivity index (χ2n) is 6.69. The van der Waals surface area contributed by atoms with Crippen LogP contribution in [0, 0.1) is 0 Å². The molecule has 0 atom stereocenters. The van der Waals surface area contributed by atoms with Gasteiger partial charge in [0, 0.05) is 11.9 Å². The van der Waals surface area contributed by atoms with Gasteiger partial charge in [-0.15, -0.1) is 5.10 Å². The molecule has 4 aromatic rings. The number of aromatic nitrogens is 6. The third-order valence-corrected chi connectivity index (χ3v) is 4.71. The molecule has 26 heavy (non-hydrogen) atoms. The average Bonchev–Trinajstić information content (AvgIpc) is 3.31. The van der Waals surface area contributed by atoms with E-state index < -0.39 is 0 Å². The molecule has 134 valence electrons. The maximum atomic E-state index is 4.84. The molecule has 0 spiro atoms. The SMILES string of the molecule is CCCCc1cn(-c2nc3ccccc3n3c(CCCC)cnc23)nn1. The summed E-state index contributed by atoms with van der Waals surface area (Å²) in [5.74, 6) is 0.738. The van der Waals surface area contributed by atoms with Crippen LogP contribution in [0.2, 0.25) is 0 Å². The Kier molecular flexibility index (Phi) is 4.65. The van der Waals surface area contributed by atoms with Crippen molar-refractivity contribution in [3.63, 3.8) is 0 Å². The maximum Gasteiger partial charge on any atom is 0.199 e. The van der Waals surface area contributed by atoms with Crippen LogP contribution in [0.5, 0.6) is 0 Å². The summed E-state index contributed by atoms with van der Waals surface area (Å²) in [4.78, 5) is 9.52. The molecular formula is C20H24N6. The van der Waals surface area contributed by atoms with Gasteiger partial charge in [-0.1, -0.05) is 44.0 Å². The molecule has 0 bridgehead atoms. The van der Waals surface area contributed by atoms with Crippen LogP contribution >= 0.6 is 0 Å². The largest absolute Gasteiger partial charge is 0.292 e. The first-order valence-corrected chi connectivity index (χ1v) is 9.48. The van der Waals surface area contributed by atoms with Crippen molar-refractivity contribution in [2.24, 2.45) is 0 Å². The molecule has 0 N–H and O–H groups in total. The van der Waals surface area contributed by atoms with Gasteiger partial charge < -0.3 is 0 Å². The van der Waals surface area contributed by atoms with Crippen LogP contribution in [0.15, 0.2) is 36.7 Å². The summed E-state index contributed by atoms with van der Waals surface area (Å²) in [5.41, 5.74) is 5.07. The molecule has 0 radical (unpaired) electrons. The highest BCUT2D eigenvalue weighted by Crippen LogP contribution is 2.23. The van der Waals surface area contributed by atoms with Crippen LogP contribution in [-0.2, 0) is 12.8 Å². The van der Waals surface area contributed by atoms with Crippen molar-refractivity contribution in [2.75, 3.05) is 0 Å². The second-order valence-corrected chi connectivity index (χ2v) is 6.69. The highest BCUT2D eigenvalue weighted by atomic mass is 15.4. The number of nitrogens with zero attached hydrogens (tertiary/aromatic N) is 6. The quantitative estimate of drug-likeness (QED) is 0.503. The summed E-state index contributed by atoms with van der Waals surface area (Å²) in [5, 5.41) is 8.63. The molecule has 4 rings (SSSR count). The van der Waals surface area contributed by atoms with Gasteiger partial charge in [-0.2, -0.15) is 4.68 Å². The first kappa shape index (κ1) is 16.7. The van der Waals surface area contributed by atoms with Crippen molar-refractivity contribution < 1.29 is 0 Å². The van der Waals surface area contributed by atoms with E-state index in [0.29, 0.717) is 0 Å². The number of fused-ring (bicyclic) bond motifs is 3. The molecule has 1 aromatic carbocycles. The number of hydrogen-bond donors (Lipinski definition) is 0. The van der Waals surface area contributed by atoms with Crippen molar-refractivity contribution in [3.05, 3.63) is 48.0 Å². The molecule has 0 aliphatic carbocycles. The lowest BCUT2D eigenvalue weighted by atomic mass is 10.2. The topological polar surface area (TPSA) is 60.9 Å². The summed E-state index contributed by atoms with van der Waals surface area (Å²) in [6, 6.07) is 8.20. The molecule has 0 fully saturated rings. The Balaban J connectivity index is 1.88. The van der Waals surface area contributed by atoms with Gasteiger partial charge >= 0.3 is 0 Å². The Labute approximate surface area is 152 Å². The van der Waals surface area contributed by atoms with Crippen LogP contribution in [0.25, 0.3) is 22.5 Å². The molecule has 0 aliphatic rings. The van der Waals surface area contributed by atoms with Crippen LogP contribution in [0.1, 0.15) is 50.9 Å². The second kappa shape index (κ2) is 7.23. The van der Waals surface area contributed by atoms with Crippen molar-refractivity contribution >= 4 is 16.7 Å². The van der Waals surface area contributed by atoms with E-state index in [-0.39, 0.29) is 0 Å². The van der Waals surface area contributed by atoms with Gasteiger partial charge in [0.2, 0.25) is 0 Å². The van der Waals surface area contributed by atoms with Gasteiger partial charge in [0.25, 0.3) is 0 Å². The van der Waals surface area contributed by atoms with E-state index in [0.717, 1.165) is 66.7 Å². The average molecular weight is 348 g/mol. The number of unbranched alkanes of at least 4 members (excludes halogenated alkanes) is 2. The number of rotatable bonds is 7. The van der Waals surface area contributed by atoms with Crippen molar-refractivity contribution in [3.8, 4) is 5.82 Å². The Hall–Kier alpha value is -2.76. The maximum absolute atomic E-state index is 4.84. The van der Waals surface area contributed by atoms with E-state index in [1.165, 1.54) is 5.69 Å². The van der Waals surface area contributed by atoms with Gasteiger partial charge in [0.1, 0.15) is 0 Å². The van der Waals surface area contributed by atoms with E-state index in [1.807, 2.05) is 30.6 Å². The molecule has 0 amide bonds. The fourth-order valence-electron chi connectivity index (χ4n) is 3.29. The summed E-state index contributed by atoms with van der Waals surface area (Å²) >= 11 is 0. The van der Waals surface area contributed by atoms with Crippen molar-refractivity contribution in [2.45, 2.75) is 52.4 Å². The van der Waals surface area contributed by atoms with Gasteiger partial charge in [-0.3, -0.25) is 4.40 Å². The number of imidazole rings is 1. The fraction of sp³-hybridized carbons (Fsp3) is 0.400. The molecular weight excluding hydrogens is 324 g/mol. The van der Waals surface area contributed by atoms with E-state index in [1.54, 1.807) is 4.68 Å². The van der Waals surface area contributed by atoms with Crippen LogP contribution in [0.3, 0.4) is 0 Å². The van der Waals surface area contributed by atoms with Gasteiger partial charge in [0.05, 0.1) is 22.9 Å². The molecule has 6 nitrogen and oxygen atoms in total. The summed E-state index contributed by atoms with van der Waals surface area (Å²) < 4.78 is 3.99. The van der Waals surface area contributed by atoms with Crippen LogP contribution in [0.4, 0.5) is 0 Å². The van der Waals surface area contributed by atoms with Gasteiger partial charge in [-0.25, -0.2) is 9.97 Å². The molecule has 0 saturated heterocycles. The number of benzene rings is 1. The minimum atomic E-state index is 0.738. The van der Waals surface area contributed by atoms with Gasteiger partial charge in [0.15, 0.2) is 11.5 Å². The third-order valence-electron chi connectivity index (χ3n) is 4.71. The molecule has 0 saturated carbocycles. The van der Waals surface area contributed by atoms with E-state index in [2.05, 4.69) is 39.6 Å². The predicted octanol–water partition coefficient (Wildman–Crippen LogP) is 4.15. The Morgan fingerprint density at radius 1 is 1.00 bits per heavy atom. The Morgan fingerprint density at radius 2 is 1.81 bits per heavy atom. The first-order valence-electron chi connectivity index (χ1n) is 9.48. The summed E-state index contributed by atoms with van der Waals surface area (Å²) in [6.45, 7) is 4.39.